The van der Waals surface area contributed by atoms with E-state index in [-0.39, 0.29) is 37.4 Å². The molecule has 1 unspecified atom stereocenters. The molecule has 1 saturated heterocycles. The number of benzene rings is 1. The molecule has 2 heterocycles. The maximum atomic E-state index is 13.1. The smallest absolute Gasteiger partial charge is 0.338 e. The second-order valence-electron chi connectivity index (χ2n) is 7.93. The molecule has 1 saturated carbocycles. The maximum Gasteiger partial charge on any atom is 0.416 e. The van der Waals surface area contributed by atoms with Crippen molar-refractivity contribution in [1.29, 1.82) is 0 Å². The predicted octanol–water partition coefficient (Wildman–Crippen LogP) is 3.64. The van der Waals surface area contributed by atoms with Crippen LogP contribution in [0, 0.1) is 5.92 Å². The molecule has 1 atom stereocenters. The van der Waals surface area contributed by atoms with Crippen molar-refractivity contribution < 1.29 is 22.8 Å². The van der Waals surface area contributed by atoms with Gasteiger partial charge in [0.2, 0.25) is 11.8 Å². The molecule has 0 spiro atoms. The Bertz CT molecular complexity index is 929. The maximum absolute atomic E-state index is 13.1. The number of hydrogen-bond acceptors (Lipinski definition) is 3. The second kappa shape index (κ2) is 8.08. The quantitative estimate of drug-likeness (QED) is 0.721. The molecular formula is C22H22F3N3O2. The first kappa shape index (κ1) is 20.4. The van der Waals surface area contributed by atoms with Crippen LogP contribution in [0.3, 0.4) is 0 Å². The Labute approximate surface area is 172 Å². The van der Waals surface area contributed by atoms with Crippen LogP contribution in [0.2, 0.25) is 0 Å². The molecule has 1 aliphatic heterocycles. The van der Waals surface area contributed by atoms with Crippen LogP contribution in [0.4, 0.5) is 13.2 Å². The van der Waals surface area contributed by atoms with Crippen LogP contribution in [-0.4, -0.2) is 39.2 Å². The van der Waals surface area contributed by atoms with Crippen molar-refractivity contribution in [3.8, 4) is 0 Å². The molecule has 0 bridgehead atoms. The molecular weight excluding hydrogens is 395 g/mol. The van der Waals surface area contributed by atoms with E-state index in [0.717, 1.165) is 30.5 Å². The molecule has 158 valence electrons. The molecule has 4 rings (SSSR count). The Morgan fingerprint density at radius 1 is 1.17 bits per heavy atom. The summed E-state index contributed by atoms with van der Waals surface area (Å²) < 4.78 is 38.8. The van der Waals surface area contributed by atoms with E-state index in [1.54, 1.807) is 18.5 Å². The number of pyridine rings is 1. The minimum atomic E-state index is -4.43. The zero-order chi connectivity index (χ0) is 21.3. The highest BCUT2D eigenvalue weighted by Gasteiger charge is 2.41. The van der Waals surface area contributed by atoms with Gasteiger partial charge in [0.25, 0.3) is 0 Å². The van der Waals surface area contributed by atoms with Gasteiger partial charge in [-0.1, -0.05) is 18.2 Å². The van der Waals surface area contributed by atoms with E-state index in [9.17, 15) is 22.8 Å². The van der Waals surface area contributed by atoms with Gasteiger partial charge in [0.05, 0.1) is 11.5 Å². The van der Waals surface area contributed by atoms with Crippen molar-refractivity contribution in [3.63, 3.8) is 0 Å². The molecule has 2 aromatic rings. The van der Waals surface area contributed by atoms with Crippen LogP contribution >= 0.6 is 0 Å². The summed E-state index contributed by atoms with van der Waals surface area (Å²) in [7, 11) is 0. The Hall–Kier alpha value is -2.90. The number of aromatic nitrogens is 1. The van der Waals surface area contributed by atoms with Crippen LogP contribution < -0.4 is 0 Å². The van der Waals surface area contributed by atoms with E-state index >= 15 is 0 Å². The standard InChI is InChI=1S/C22H22F3N3O2/c23-22(24,25)18-5-1-3-15(9-18)12-27-14-17(10-20(27)29)21(30)28(19-6-7-19)13-16-4-2-8-26-11-16/h1-5,8-9,11,17,19H,6-7,10,12-14H2. The summed E-state index contributed by atoms with van der Waals surface area (Å²) in [6.45, 7) is 0.748. The third kappa shape index (κ3) is 4.63. The molecule has 0 radical (unpaired) electrons. The lowest BCUT2D eigenvalue weighted by atomic mass is 10.1. The van der Waals surface area contributed by atoms with Gasteiger partial charge >= 0.3 is 6.18 Å². The van der Waals surface area contributed by atoms with Gasteiger partial charge in [-0.2, -0.15) is 13.2 Å². The lowest BCUT2D eigenvalue weighted by Crippen LogP contribution is -2.38. The molecule has 1 aromatic carbocycles. The topological polar surface area (TPSA) is 53.5 Å². The number of amides is 2. The van der Waals surface area contributed by atoms with Gasteiger partial charge in [0, 0.05) is 44.5 Å². The number of carbonyl (C=O) groups excluding carboxylic acids is 2. The molecule has 2 amide bonds. The zero-order valence-electron chi connectivity index (χ0n) is 16.3. The highest BCUT2D eigenvalue weighted by Crippen LogP contribution is 2.33. The largest absolute Gasteiger partial charge is 0.416 e. The van der Waals surface area contributed by atoms with E-state index < -0.39 is 17.7 Å². The number of rotatable bonds is 6. The van der Waals surface area contributed by atoms with E-state index in [1.165, 1.54) is 11.0 Å². The fraction of sp³-hybridized carbons (Fsp3) is 0.409. The van der Waals surface area contributed by atoms with Crippen LogP contribution in [0.5, 0.6) is 0 Å². The molecule has 30 heavy (non-hydrogen) atoms. The van der Waals surface area contributed by atoms with E-state index in [1.807, 2.05) is 17.0 Å². The van der Waals surface area contributed by atoms with Gasteiger partial charge in [0.1, 0.15) is 0 Å². The molecule has 1 aromatic heterocycles. The lowest BCUT2D eigenvalue weighted by Gasteiger charge is -2.25. The number of halogens is 3. The summed E-state index contributed by atoms with van der Waals surface area (Å²) in [5, 5.41) is 0. The molecule has 2 aliphatic rings. The number of hydrogen-bond donors (Lipinski definition) is 0. The summed E-state index contributed by atoms with van der Waals surface area (Å²) >= 11 is 0. The van der Waals surface area contributed by atoms with Gasteiger partial charge in [-0.15, -0.1) is 0 Å². The normalized spacial score (nSPS) is 19.2. The first-order valence-electron chi connectivity index (χ1n) is 9.94. The SMILES string of the molecule is O=C1CC(C(=O)N(Cc2cccnc2)C2CC2)CN1Cc1cccc(C(F)(F)F)c1. The first-order chi connectivity index (χ1) is 14.3. The van der Waals surface area contributed by atoms with Crippen molar-refractivity contribution in [2.45, 2.75) is 44.6 Å². The molecule has 8 heteroatoms. The number of carbonyl (C=O) groups is 2. The minimum absolute atomic E-state index is 0.0680. The van der Waals surface area contributed by atoms with Crippen LogP contribution in [-0.2, 0) is 28.9 Å². The van der Waals surface area contributed by atoms with E-state index in [2.05, 4.69) is 4.98 Å². The predicted molar refractivity (Wildman–Crippen MR) is 103 cm³/mol. The van der Waals surface area contributed by atoms with Crippen molar-refractivity contribution in [3.05, 3.63) is 65.5 Å². The van der Waals surface area contributed by atoms with Crippen molar-refractivity contribution in [2.24, 2.45) is 5.92 Å². The Balaban J connectivity index is 1.43. The minimum Gasteiger partial charge on any atom is -0.338 e. The first-order valence-corrected chi connectivity index (χ1v) is 9.94. The van der Waals surface area contributed by atoms with Crippen LogP contribution in [0.25, 0.3) is 0 Å². The highest BCUT2D eigenvalue weighted by atomic mass is 19.4. The summed E-state index contributed by atoms with van der Waals surface area (Å²) in [4.78, 5) is 33.0. The van der Waals surface area contributed by atoms with Crippen LogP contribution in [0.15, 0.2) is 48.8 Å². The van der Waals surface area contributed by atoms with Gasteiger partial charge in [-0.25, -0.2) is 0 Å². The van der Waals surface area contributed by atoms with Crippen molar-refractivity contribution in [1.82, 2.24) is 14.8 Å². The Kier molecular flexibility index (Phi) is 5.49. The zero-order valence-corrected chi connectivity index (χ0v) is 16.3. The third-order valence-electron chi connectivity index (χ3n) is 5.54. The molecule has 5 nitrogen and oxygen atoms in total. The monoisotopic (exact) mass is 417 g/mol. The lowest BCUT2D eigenvalue weighted by molar-refractivity contribution is -0.138. The van der Waals surface area contributed by atoms with Gasteiger partial charge in [0.15, 0.2) is 0 Å². The fourth-order valence-corrected chi connectivity index (χ4v) is 3.85. The molecule has 1 aliphatic carbocycles. The third-order valence-corrected chi connectivity index (χ3v) is 5.54. The summed E-state index contributed by atoms with van der Waals surface area (Å²) in [5.74, 6) is -0.746. The van der Waals surface area contributed by atoms with E-state index in [0.29, 0.717) is 12.1 Å². The highest BCUT2D eigenvalue weighted by molar-refractivity contribution is 5.89. The Morgan fingerprint density at radius 3 is 2.60 bits per heavy atom. The number of likely N-dealkylation sites (tertiary alicyclic amines) is 1. The van der Waals surface area contributed by atoms with Gasteiger partial charge < -0.3 is 9.80 Å². The number of nitrogens with zero attached hydrogens (tertiary/aromatic N) is 3. The second-order valence-corrected chi connectivity index (χ2v) is 7.93. The van der Waals surface area contributed by atoms with Crippen molar-refractivity contribution in [2.75, 3.05) is 6.54 Å². The number of alkyl halides is 3. The van der Waals surface area contributed by atoms with Crippen LogP contribution in [0.1, 0.15) is 36.0 Å². The average Bonchev–Trinajstić information content (AvgIpc) is 3.50. The fourth-order valence-electron chi connectivity index (χ4n) is 3.85. The molecule has 2 fully saturated rings. The van der Waals surface area contributed by atoms with Gasteiger partial charge in [-0.3, -0.25) is 14.6 Å². The van der Waals surface area contributed by atoms with Gasteiger partial charge in [-0.05, 0) is 42.2 Å². The molecule has 0 N–H and O–H groups in total. The van der Waals surface area contributed by atoms with Crippen molar-refractivity contribution >= 4 is 11.8 Å². The van der Waals surface area contributed by atoms with E-state index in [4.69, 9.17) is 0 Å². The Morgan fingerprint density at radius 2 is 1.93 bits per heavy atom. The summed E-state index contributed by atoms with van der Waals surface area (Å²) in [6.07, 6.45) is 0.951. The average molecular weight is 417 g/mol. The summed E-state index contributed by atoms with van der Waals surface area (Å²) in [5.41, 5.74) is 0.597. The summed E-state index contributed by atoms with van der Waals surface area (Å²) in [6, 6.07) is 8.89.